The molecule has 1 heterocycles. The van der Waals surface area contributed by atoms with Gasteiger partial charge in [0.05, 0.1) is 5.69 Å². The van der Waals surface area contributed by atoms with Crippen molar-refractivity contribution in [3.8, 4) is 0 Å². The van der Waals surface area contributed by atoms with Crippen molar-refractivity contribution in [3.63, 3.8) is 0 Å². The number of aromatic nitrogens is 2. The van der Waals surface area contributed by atoms with E-state index in [2.05, 4.69) is 25.5 Å². The van der Waals surface area contributed by atoms with Crippen LogP contribution in [0.25, 0.3) is 0 Å². The van der Waals surface area contributed by atoms with Crippen LogP contribution in [0.3, 0.4) is 0 Å². The molecule has 1 aromatic heterocycles. The molecule has 0 saturated heterocycles. The van der Waals surface area contributed by atoms with Crippen LogP contribution in [0.1, 0.15) is 43.1 Å². The van der Waals surface area contributed by atoms with Crippen LogP contribution in [0.4, 0.5) is 0 Å². The molecule has 0 radical (unpaired) electrons. The minimum atomic E-state index is 0.767. The van der Waals surface area contributed by atoms with Gasteiger partial charge in [0.2, 0.25) is 0 Å². The number of hydrogen-bond donors (Lipinski definition) is 0. The fourth-order valence-electron chi connectivity index (χ4n) is 2.23. The lowest BCUT2D eigenvalue weighted by molar-refractivity contribution is 0.609. The molecule has 2 aliphatic carbocycles. The summed E-state index contributed by atoms with van der Waals surface area (Å²) < 4.78 is 3.50. The van der Waals surface area contributed by atoms with E-state index < -0.39 is 0 Å². The van der Waals surface area contributed by atoms with Crippen LogP contribution in [0, 0.1) is 0 Å². The summed E-state index contributed by atoms with van der Waals surface area (Å²) in [5.74, 6) is 0. The van der Waals surface area contributed by atoms with Crippen molar-refractivity contribution in [1.29, 1.82) is 0 Å². The van der Waals surface area contributed by atoms with Gasteiger partial charge in [-0.3, -0.25) is 0 Å². The van der Waals surface area contributed by atoms with E-state index in [9.17, 15) is 0 Å². The van der Waals surface area contributed by atoms with Gasteiger partial charge >= 0.3 is 0 Å². The van der Waals surface area contributed by atoms with Gasteiger partial charge in [0.25, 0.3) is 0 Å². The fraction of sp³-hybridized carbons (Fsp3) is 0.700. The lowest BCUT2D eigenvalue weighted by Gasteiger charge is -2.13. The molecule has 2 nitrogen and oxygen atoms in total. The minimum absolute atomic E-state index is 0.767. The average Bonchev–Trinajstić information content (AvgIpc) is 2.88. The van der Waals surface area contributed by atoms with Crippen molar-refractivity contribution in [2.45, 2.75) is 44.6 Å². The van der Waals surface area contributed by atoms with Gasteiger partial charge in [0, 0.05) is 11.7 Å². The predicted molar refractivity (Wildman–Crippen MR) is 54.8 cm³/mol. The summed E-state index contributed by atoms with van der Waals surface area (Å²) in [6, 6.07) is 0.767. The SMILES string of the molecule is Brc1nc2c(n1C1CC1)CCCC2. The highest BCUT2D eigenvalue weighted by atomic mass is 79.9. The first-order valence-electron chi connectivity index (χ1n) is 5.12. The van der Waals surface area contributed by atoms with Gasteiger partial charge in [-0.05, 0) is 54.5 Å². The van der Waals surface area contributed by atoms with E-state index >= 15 is 0 Å². The zero-order chi connectivity index (χ0) is 8.84. The number of halogens is 1. The lowest BCUT2D eigenvalue weighted by Crippen LogP contribution is -2.07. The molecule has 0 unspecified atom stereocenters. The van der Waals surface area contributed by atoms with Crippen LogP contribution in [0.5, 0.6) is 0 Å². The number of aryl methyl sites for hydroxylation is 1. The highest BCUT2D eigenvalue weighted by Crippen LogP contribution is 2.40. The summed E-state index contributed by atoms with van der Waals surface area (Å²) in [7, 11) is 0. The predicted octanol–water partition coefficient (Wildman–Crippen LogP) is 2.86. The number of hydrogen-bond acceptors (Lipinski definition) is 1. The summed E-state index contributed by atoms with van der Waals surface area (Å²) in [4.78, 5) is 4.59. The summed E-state index contributed by atoms with van der Waals surface area (Å²) in [6.45, 7) is 0. The molecule has 0 aliphatic heterocycles. The molecule has 2 aliphatic rings. The molecule has 1 aromatic rings. The highest BCUT2D eigenvalue weighted by Gasteiger charge is 2.30. The molecule has 0 bridgehead atoms. The smallest absolute Gasteiger partial charge is 0.177 e. The Morgan fingerprint density at radius 2 is 2.00 bits per heavy atom. The molecular formula is C10H13BrN2. The minimum Gasteiger partial charge on any atom is -0.319 e. The highest BCUT2D eigenvalue weighted by molar-refractivity contribution is 9.10. The van der Waals surface area contributed by atoms with Gasteiger partial charge in [-0.2, -0.15) is 0 Å². The lowest BCUT2D eigenvalue weighted by atomic mass is 10.0. The second kappa shape index (κ2) is 2.84. The summed E-state index contributed by atoms with van der Waals surface area (Å²) >= 11 is 3.57. The molecule has 3 heteroatoms. The largest absolute Gasteiger partial charge is 0.319 e. The van der Waals surface area contributed by atoms with Gasteiger partial charge in [-0.15, -0.1) is 0 Å². The Hall–Kier alpha value is -0.310. The summed E-state index contributed by atoms with van der Waals surface area (Å²) in [5, 5.41) is 0. The molecule has 1 saturated carbocycles. The molecule has 0 amide bonds. The Morgan fingerprint density at radius 1 is 1.23 bits per heavy atom. The van der Waals surface area contributed by atoms with Crippen LogP contribution < -0.4 is 0 Å². The molecule has 1 fully saturated rings. The zero-order valence-corrected chi connectivity index (χ0v) is 9.18. The normalized spacial score (nSPS) is 21.6. The first-order chi connectivity index (χ1) is 6.36. The van der Waals surface area contributed by atoms with Crippen LogP contribution in [0.2, 0.25) is 0 Å². The first kappa shape index (κ1) is 8.04. The topological polar surface area (TPSA) is 17.8 Å². The van der Waals surface area contributed by atoms with Gasteiger partial charge in [0.1, 0.15) is 0 Å². The van der Waals surface area contributed by atoms with Crippen molar-refractivity contribution >= 4 is 15.9 Å². The van der Waals surface area contributed by atoms with E-state index in [-0.39, 0.29) is 0 Å². The second-order valence-corrected chi connectivity index (χ2v) is 4.79. The summed E-state index contributed by atoms with van der Waals surface area (Å²) in [6.07, 6.45) is 7.79. The third kappa shape index (κ3) is 1.25. The number of nitrogens with zero attached hydrogens (tertiary/aromatic N) is 2. The Bertz CT molecular complexity index is 339. The Balaban J connectivity index is 2.10. The van der Waals surface area contributed by atoms with Crippen molar-refractivity contribution in [2.75, 3.05) is 0 Å². The van der Waals surface area contributed by atoms with Gasteiger partial charge < -0.3 is 4.57 Å². The van der Waals surface area contributed by atoms with Crippen LogP contribution in [-0.2, 0) is 12.8 Å². The maximum atomic E-state index is 4.59. The van der Waals surface area contributed by atoms with Crippen molar-refractivity contribution in [2.24, 2.45) is 0 Å². The second-order valence-electron chi connectivity index (χ2n) is 4.08. The standard InChI is InChI=1S/C10H13BrN2/c11-10-12-8-3-1-2-4-9(8)13(10)7-5-6-7/h7H,1-6H2. The van der Waals surface area contributed by atoms with Crippen molar-refractivity contribution in [1.82, 2.24) is 9.55 Å². The number of rotatable bonds is 1. The van der Waals surface area contributed by atoms with Crippen LogP contribution >= 0.6 is 15.9 Å². The van der Waals surface area contributed by atoms with Gasteiger partial charge in [0.15, 0.2) is 4.73 Å². The molecule has 0 atom stereocenters. The quantitative estimate of drug-likeness (QED) is 0.739. The third-order valence-corrected chi connectivity index (χ3v) is 3.60. The van der Waals surface area contributed by atoms with E-state index in [0.717, 1.165) is 10.8 Å². The molecule has 3 rings (SSSR count). The molecule has 0 spiro atoms. The average molecular weight is 241 g/mol. The van der Waals surface area contributed by atoms with Crippen molar-refractivity contribution in [3.05, 3.63) is 16.1 Å². The molecule has 70 valence electrons. The summed E-state index contributed by atoms with van der Waals surface area (Å²) in [5.41, 5.74) is 2.87. The van der Waals surface area contributed by atoms with E-state index in [0.29, 0.717) is 0 Å². The number of imidazole rings is 1. The Kier molecular flexibility index (Phi) is 1.76. The van der Waals surface area contributed by atoms with Gasteiger partial charge in [-0.25, -0.2) is 4.98 Å². The van der Waals surface area contributed by atoms with Crippen LogP contribution in [0.15, 0.2) is 4.73 Å². The first-order valence-corrected chi connectivity index (χ1v) is 5.91. The molecular weight excluding hydrogens is 228 g/mol. The van der Waals surface area contributed by atoms with Crippen molar-refractivity contribution < 1.29 is 0 Å². The third-order valence-electron chi connectivity index (χ3n) is 3.04. The monoisotopic (exact) mass is 240 g/mol. The molecule has 0 N–H and O–H groups in total. The van der Waals surface area contributed by atoms with E-state index in [1.165, 1.54) is 49.9 Å². The van der Waals surface area contributed by atoms with E-state index in [1.807, 2.05) is 0 Å². The molecule has 0 aromatic carbocycles. The fourth-order valence-corrected chi connectivity index (χ4v) is 2.95. The van der Waals surface area contributed by atoms with E-state index in [4.69, 9.17) is 0 Å². The Morgan fingerprint density at radius 3 is 2.77 bits per heavy atom. The maximum Gasteiger partial charge on any atom is 0.177 e. The number of fused-ring (bicyclic) bond motifs is 1. The van der Waals surface area contributed by atoms with Gasteiger partial charge in [-0.1, -0.05) is 0 Å². The van der Waals surface area contributed by atoms with E-state index in [1.54, 1.807) is 0 Å². The zero-order valence-electron chi connectivity index (χ0n) is 7.59. The Labute approximate surface area is 86.5 Å². The molecule has 13 heavy (non-hydrogen) atoms. The maximum absolute atomic E-state index is 4.59. The van der Waals surface area contributed by atoms with Crippen LogP contribution in [-0.4, -0.2) is 9.55 Å².